The lowest BCUT2D eigenvalue weighted by molar-refractivity contribution is -0.131. The van der Waals surface area contributed by atoms with Crippen molar-refractivity contribution < 1.29 is 9.59 Å². The zero-order valence-electron chi connectivity index (χ0n) is 12.5. The van der Waals surface area contributed by atoms with Crippen LogP contribution in [0.2, 0.25) is 0 Å². The largest absolute Gasteiger partial charge is 0.343 e. The number of hydrogen-bond acceptors (Lipinski definition) is 3. The van der Waals surface area contributed by atoms with E-state index in [1.165, 1.54) is 4.88 Å². The second kappa shape index (κ2) is 7.27. The fourth-order valence-corrected chi connectivity index (χ4v) is 4.10. The van der Waals surface area contributed by atoms with Crippen molar-refractivity contribution in [1.29, 1.82) is 0 Å². The number of likely N-dealkylation sites (tertiary alicyclic amines) is 1. The van der Waals surface area contributed by atoms with Crippen molar-refractivity contribution in [2.24, 2.45) is 0 Å². The summed E-state index contributed by atoms with van der Waals surface area (Å²) in [5.74, 6) is -0.254. The van der Waals surface area contributed by atoms with Crippen LogP contribution >= 0.6 is 27.3 Å². The fourth-order valence-electron chi connectivity index (χ4n) is 2.83. The Labute approximate surface area is 147 Å². The zero-order chi connectivity index (χ0) is 16.2. The molecule has 23 heavy (non-hydrogen) atoms. The standard InChI is InChI=1S/C17H17BrN2O2S/c18-13-5-1-4-12(10-13)17(22)19-11-16(21)20-8-2-6-14(20)15-7-3-9-23-15/h1,3-5,7,9-10,14H,2,6,8,11H2,(H,19,22). The van der Waals surface area contributed by atoms with E-state index < -0.39 is 0 Å². The van der Waals surface area contributed by atoms with Gasteiger partial charge >= 0.3 is 0 Å². The van der Waals surface area contributed by atoms with Crippen LogP contribution in [0.25, 0.3) is 0 Å². The number of hydrogen-bond donors (Lipinski definition) is 1. The third kappa shape index (κ3) is 3.82. The summed E-state index contributed by atoms with van der Waals surface area (Å²) in [5, 5.41) is 4.75. The van der Waals surface area contributed by atoms with Crippen LogP contribution in [0.3, 0.4) is 0 Å². The van der Waals surface area contributed by atoms with E-state index in [1.54, 1.807) is 29.5 Å². The molecule has 0 radical (unpaired) electrons. The van der Waals surface area contributed by atoms with E-state index in [4.69, 9.17) is 0 Å². The van der Waals surface area contributed by atoms with Gasteiger partial charge in [-0.05, 0) is 42.5 Å². The van der Waals surface area contributed by atoms with Crippen LogP contribution in [0.15, 0.2) is 46.3 Å². The van der Waals surface area contributed by atoms with Gasteiger partial charge < -0.3 is 10.2 Å². The monoisotopic (exact) mass is 392 g/mol. The van der Waals surface area contributed by atoms with Gasteiger partial charge in [-0.2, -0.15) is 0 Å². The van der Waals surface area contributed by atoms with Gasteiger partial charge in [-0.3, -0.25) is 9.59 Å². The third-order valence-corrected chi connectivity index (χ3v) is 5.40. The number of benzene rings is 1. The Bertz CT molecular complexity index is 702. The number of rotatable bonds is 4. The average molecular weight is 393 g/mol. The lowest BCUT2D eigenvalue weighted by Gasteiger charge is -2.24. The Morgan fingerprint density at radius 3 is 2.91 bits per heavy atom. The van der Waals surface area contributed by atoms with Crippen molar-refractivity contribution in [1.82, 2.24) is 10.2 Å². The Morgan fingerprint density at radius 2 is 2.17 bits per heavy atom. The molecule has 2 amide bonds. The summed E-state index contributed by atoms with van der Waals surface area (Å²) in [6, 6.07) is 11.4. The van der Waals surface area contributed by atoms with Crippen LogP contribution in [0.4, 0.5) is 0 Å². The maximum Gasteiger partial charge on any atom is 0.251 e. The van der Waals surface area contributed by atoms with Crippen LogP contribution in [0.5, 0.6) is 0 Å². The predicted octanol–water partition coefficient (Wildman–Crippen LogP) is 3.60. The zero-order valence-corrected chi connectivity index (χ0v) is 14.9. The summed E-state index contributed by atoms with van der Waals surface area (Å²) in [6.07, 6.45) is 2.00. The predicted molar refractivity (Wildman–Crippen MR) is 94.5 cm³/mol. The van der Waals surface area contributed by atoms with Crippen LogP contribution in [0.1, 0.15) is 34.1 Å². The van der Waals surface area contributed by atoms with Gasteiger partial charge in [0.1, 0.15) is 0 Å². The van der Waals surface area contributed by atoms with E-state index in [9.17, 15) is 9.59 Å². The van der Waals surface area contributed by atoms with Crippen molar-refractivity contribution in [3.05, 3.63) is 56.7 Å². The van der Waals surface area contributed by atoms with Crippen molar-refractivity contribution in [3.63, 3.8) is 0 Å². The number of nitrogens with zero attached hydrogens (tertiary/aromatic N) is 1. The highest BCUT2D eigenvalue weighted by atomic mass is 79.9. The maximum atomic E-state index is 12.5. The molecule has 1 atom stereocenters. The summed E-state index contributed by atoms with van der Waals surface area (Å²) in [4.78, 5) is 27.7. The molecule has 0 aliphatic carbocycles. The molecule has 2 heterocycles. The maximum absolute atomic E-state index is 12.5. The highest BCUT2D eigenvalue weighted by Crippen LogP contribution is 2.34. The van der Waals surface area contributed by atoms with Gasteiger partial charge in [0.25, 0.3) is 5.91 Å². The first-order valence-electron chi connectivity index (χ1n) is 7.52. The van der Waals surface area contributed by atoms with Crippen molar-refractivity contribution in [3.8, 4) is 0 Å². The molecule has 1 N–H and O–H groups in total. The van der Waals surface area contributed by atoms with E-state index in [0.717, 1.165) is 23.9 Å². The molecule has 0 bridgehead atoms. The summed E-state index contributed by atoms with van der Waals surface area (Å²) in [7, 11) is 0. The van der Waals surface area contributed by atoms with E-state index in [-0.39, 0.29) is 24.4 Å². The van der Waals surface area contributed by atoms with Gasteiger partial charge in [0.05, 0.1) is 12.6 Å². The molecule has 2 aromatic rings. The summed E-state index contributed by atoms with van der Waals surface area (Å²) in [6.45, 7) is 0.793. The molecule has 1 aliphatic rings. The molecule has 0 spiro atoms. The average Bonchev–Trinajstić information content (AvgIpc) is 3.22. The lowest BCUT2D eigenvalue weighted by Crippen LogP contribution is -2.39. The molecule has 4 nitrogen and oxygen atoms in total. The number of thiophene rings is 1. The Kier molecular flexibility index (Phi) is 5.13. The molecule has 1 aromatic heterocycles. The Hall–Kier alpha value is -1.66. The fraction of sp³-hybridized carbons (Fsp3) is 0.294. The number of amides is 2. The minimum Gasteiger partial charge on any atom is -0.343 e. The third-order valence-electron chi connectivity index (χ3n) is 3.93. The minimum absolute atomic E-state index is 0.0238. The number of carbonyl (C=O) groups excluding carboxylic acids is 2. The molecular weight excluding hydrogens is 376 g/mol. The van der Waals surface area contributed by atoms with E-state index in [2.05, 4.69) is 27.3 Å². The molecule has 6 heteroatoms. The molecule has 3 rings (SSSR count). The minimum atomic E-state index is -0.230. The highest BCUT2D eigenvalue weighted by Gasteiger charge is 2.30. The van der Waals surface area contributed by atoms with Crippen molar-refractivity contribution in [2.45, 2.75) is 18.9 Å². The molecule has 1 aliphatic heterocycles. The molecule has 1 unspecified atom stereocenters. The first-order chi connectivity index (χ1) is 11.1. The van der Waals surface area contributed by atoms with Gasteiger partial charge in [0, 0.05) is 21.5 Å². The highest BCUT2D eigenvalue weighted by molar-refractivity contribution is 9.10. The van der Waals surface area contributed by atoms with E-state index in [1.807, 2.05) is 22.4 Å². The molecule has 1 fully saturated rings. The lowest BCUT2D eigenvalue weighted by atomic mass is 10.2. The molecule has 120 valence electrons. The summed E-state index contributed by atoms with van der Waals surface area (Å²) in [5.41, 5.74) is 0.545. The van der Waals surface area contributed by atoms with Crippen molar-refractivity contribution >= 4 is 39.1 Å². The first-order valence-corrected chi connectivity index (χ1v) is 9.19. The Morgan fingerprint density at radius 1 is 1.30 bits per heavy atom. The molecule has 1 saturated heterocycles. The van der Waals surface area contributed by atoms with Gasteiger partial charge in [-0.1, -0.05) is 28.1 Å². The van der Waals surface area contributed by atoms with Gasteiger partial charge in [0.2, 0.25) is 5.91 Å². The molecule has 1 aromatic carbocycles. The normalized spacial score (nSPS) is 17.3. The number of nitrogens with one attached hydrogen (secondary N) is 1. The van der Waals surface area contributed by atoms with Crippen LogP contribution in [-0.2, 0) is 4.79 Å². The van der Waals surface area contributed by atoms with Crippen LogP contribution in [-0.4, -0.2) is 29.8 Å². The van der Waals surface area contributed by atoms with E-state index >= 15 is 0 Å². The summed E-state index contributed by atoms with van der Waals surface area (Å²) < 4.78 is 0.841. The topological polar surface area (TPSA) is 49.4 Å². The number of carbonyl (C=O) groups is 2. The quantitative estimate of drug-likeness (QED) is 0.863. The van der Waals surface area contributed by atoms with Gasteiger partial charge in [-0.15, -0.1) is 11.3 Å². The number of halogens is 1. The molecule has 0 saturated carbocycles. The van der Waals surface area contributed by atoms with Crippen molar-refractivity contribution in [2.75, 3.05) is 13.1 Å². The van der Waals surface area contributed by atoms with Gasteiger partial charge in [0.15, 0.2) is 0 Å². The van der Waals surface area contributed by atoms with Crippen LogP contribution < -0.4 is 5.32 Å². The van der Waals surface area contributed by atoms with Crippen LogP contribution in [0, 0.1) is 0 Å². The first kappa shape index (κ1) is 16.2. The second-order valence-corrected chi connectivity index (χ2v) is 7.35. The second-order valence-electron chi connectivity index (χ2n) is 5.45. The SMILES string of the molecule is O=C(NCC(=O)N1CCCC1c1cccs1)c1cccc(Br)c1. The molecular formula is C17H17BrN2O2S. The van der Waals surface area contributed by atoms with Gasteiger partial charge in [-0.25, -0.2) is 0 Å². The van der Waals surface area contributed by atoms with E-state index in [0.29, 0.717) is 5.56 Å². The smallest absolute Gasteiger partial charge is 0.251 e. The Balaban J connectivity index is 1.60. The summed E-state index contributed by atoms with van der Waals surface area (Å²) >= 11 is 5.02.